The summed E-state index contributed by atoms with van der Waals surface area (Å²) in [7, 11) is 1.31. The molecule has 0 unspecified atom stereocenters. The van der Waals surface area contributed by atoms with Gasteiger partial charge in [0.25, 0.3) is 0 Å². The van der Waals surface area contributed by atoms with Crippen LogP contribution < -0.4 is 11.1 Å². The molecule has 0 aliphatic rings. The minimum Gasteiger partial charge on any atom is -0.372 e. The Morgan fingerprint density at radius 1 is 1.24 bits per heavy atom. The fraction of sp³-hybridized carbons (Fsp3) is 0.154. The Hall–Kier alpha value is -2.95. The molecule has 2 heterocycles. The first-order valence-electron chi connectivity index (χ1n) is 6.77. The summed E-state index contributed by atoms with van der Waals surface area (Å²) in [6.07, 6.45) is -4.71. The van der Waals surface area contributed by atoms with Gasteiger partial charge in [-0.3, -0.25) is 0 Å². The van der Waals surface area contributed by atoms with E-state index < -0.39 is 23.3 Å². The first kappa shape index (κ1) is 16.9. The number of alkyl halides is 3. The molecule has 0 aliphatic carbocycles. The molecule has 12 heteroatoms. The summed E-state index contributed by atoms with van der Waals surface area (Å²) in [6.45, 7) is 0. The third kappa shape index (κ3) is 3.18. The second kappa shape index (κ2) is 6.16. The van der Waals surface area contributed by atoms with Crippen LogP contribution in [0.4, 0.5) is 24.9 Å². The quantitative estimate of drug-likeness (QED) is 0.648. The average molecular weight is 371 g/mol. The first-order chi connectivity index (χ1) is 11.8. The lowest BCUT2D eigenvalue weighted by molar-refractivity contribution is -0.136. The molecule has 3 aromatic rings. The van der Waals surface area contributed by atoms with E-state index >= 15 is 0 Å². The number of benzene rings is 1. The largest absolute Gasteiger partial charge is 0.422 e. The van der Waals surface area contributed by atoms with E-state index in [-0.39, 0.29) is 22.4 Å². The number of hydrogen-bond donors (Lipinski definition) is 3. The molecule has 0 saturated heterocycles. The van der Waals surface area contributed by atoms with E-state index in [4.69, 9.17) is 17.3 Å². The molecule has 2 aromatic heterocycles. The van der Waals surface area contributed by atoms with Crippen molar-refractivity contribution in [1.29, 1.82) is 0 Å². The second-order valence-corrected chi connectivity index (χ2v) is 5.24. The highest BCUT2D eigenvalue weighted by atomic mass is 35.5. The molecule has 8 nitrogen and oxygen atoms in total. The van der Waals surface area contributed by atoms with Gasteiger partial charge in [-0.05, 0) is 11.3 Å². The molecular formula is C13H10ClF3N8. The number of aromatic amines is 1. The Morgan fingerprint density at radius 3 is 2.56 bits per heavy atom. The number of aromatic nitrogens is 6. The molecule has 0 bridgehead atoms. The highest BCUT2D eigenvalue weighted by molar-refractivity contribution is 6.33. The van der Waals surface area contributed by atoms with Gasteiger partial charge in [-0.25, -0.2) is 4.98 Å². The van der Waals surface area contributed by atoms with Crippen LogP contribution in [0, 0.1) is 0 Å². The van der Waals surface area contributed by atoms with Crippen molar-refractivity contribution >= 4 is 23.4 Å². The average Bonchev–Trinajstić information content (AvgIpc) is 3.07. The molecule has 0 aliphatic heterocycles. The van der Waals surface area contributed by atoms with Gasteiger partial charge in [-0.2, -0.15) is 23.4 Å². The van der Waals surface area contributed by atoms with Crippen molar-refractivity contribution in [2.24, 2.45) is 0 Å². The van der Waals surface area contributed by atoms with Gasteiger partial charge in [0.15, 0.2) is 0 Å². The lowest BCUT2D eigenvalue weighted by atomic mass is 10.0. The number of nitrogens with one attached hydrogen (secondary N) is 2. The lowest BCUT2D eigenvalue weighted by Crippen LogP contribution is -2.15. The number of nitrogens with zero attached hydrogens (tertiary/aromatic N) is 5. The number of tetrazole rings is 1. The molecule has 130 valence electrons. The van der Waals surface area contributed by atoms with Crippen LogP contribution in [-0.2, 0) is 6.18 Å². The van der Waals surface area contributed by atoms with Crippen LogP contribution in [0.3, 0.4) is 0 Å². The van der Waals surface area contributed by atoms with Crippen molar-refractivity contribution in [3.05, 3.63) is 28.8 Å². The van der Waals surface area contributed by atoms with Crippen LogP contribution in [0.5, 0.6) is 0 Å². The van der Waals surface area contributed by atoms with Gasteiger partial charge in [-0.1, -0.05) is 23.7 Å². The zero-order chi connectivity index (χ0) is 18.2. The van der Waals surface area contributed by atoms with E-state index in [2.05, 4.69) is 35.9 Å². The smallest absolute Gasteiger partial charge is 0.372 e. The van der Waals surface area contributed by atoms with Crippen molar-refractivity contribution in [1.82, 2.24) is 30.6 Å². The van der Waals surface area contributed by atoms with Gasteiger partial charge in [0.1, 0.15) is 11.4 Å². The number of H-pyrrole nitrogens is 1. The highest BCUT2D eigenvalue weighted by Crippen LogP contribution is 2.42. The normalized spacial score (nSPS) is 11.6. The van der Waals surface area contributed by atoms with Crippen LogP contribution in [-0.4, -0.2) is 37.6 Å². The van der Waals surface area contributed by atoms with Gasteiger partial charge >= 0.3 is 6.18 Å². The van der Waals surface area contributed by atoms with E-state index in [1.165, 1.54) is 25.2 Å². The fourth-order valence-corrected chi connectivity index (χ4v) is 2.52. The maximum atomic E-state index is 13.5. The van der Waals surface area contributed by atoms with Crippen LogP contribution >= 0.6 is 11.6 Å². The molecule has 25 heavy (non-hydrogen) atoms. The molecule has 0 radical (unpaired) electrons. The summed E-state index contributed by atoms with van der Waals surface area (Å²) in [4.78, 5) is 7.34. The summed E-state index contributed by atoms with van der Waals surface area (Å²) >= 11 is 6.18. The maximum absolute atomic E-state index is 13.5. The van der Waals surface area contributed by atoms with E-state index in [1.54, 1.807) is 0 Å². The topological polar surface area (TPSA) is 118 Å². The third-order valence-electron chi connectivity index (χ3n) is 3.27. The summed E-state index contributed by atoms with van der Waals surface area (Å²) in [6, 6.07) is 4.30. The van der Waals surface area contributed by atoms with Crippen LogP contribution in [0.25, 0.3) is 22.6 Å². The Morgan fingerprint density at radius 2 is 2.00 bits per heavy atom. The zero-order valence-electron chi connectivity index (χ0n) is 12.6. The SMILES string of the molecule is CNc1nc(N)nc(-c2ccc(-c3nn[nH]n3)cc2Cl)c1C(F)(F)F. The minimum absolute atomic E-state index is 0.0213. The number of anilines is 2. The van der Waals surface area contributed by atoms with Crippen LogP contribution in [0.2, 0.25) is 5.02 Å². The molecular weight excluding hydrogens is 361 g/mol. The predicted octanol–water partition coefficient (Wildman–Crippen LogP) is 2.62. The van der Waals surface area contributed by atoms with E-state index in [9.17, 15) is 13.2 Å². The summed E-state index contributed by atoms with van der Waals surface area (Å²) in [5.74, 6) is -0.499. The summed E-state index contributed by atoms with van der Waals surface area (Å²) in [5.41, 5.74) is 4.58. The third-order valence-corrected chi connectivity index (χ3v) is 3.59. The van der Waals surface area contributed by atoms with Crippen molar-refractivity contribution < 1.29 is 13.2 Å². The van der Waals surface area contributed by atoms with Crippen LogP contribution in [0.1, 0.15) is 5.56 Å². The van der Waals surface area contributed by atoms with Gasteiger partial charge in [-0.15, -0.1) is 10.2 Å². The summed E-state index contributed by atoms with van der Waals surface area (Å²) in [5, 5.41) is 15.7. The molecule has 1 aromatic carbocycles. The minimum atomic E-state index is -4.71. The lowest BCUT2D eigenvalue weighted by Gasteiger charge is -2.17. The number of nitrogens with two attached hydrogens (primary N) is 1. The molecule has 0 spiro atoms. The molecule has 0 fully saturated rings. The van der Waals surface area contributed by atoms with Gasteiger partial charge < -0.3 is 11.1 Å². The monoisotopic (exact) mass is 370 g/mol. The van der Waals surface area contributed by atoms with Gasteiger partial charge in [0.2, 0.25) is 11.8 Å². The number of nitrogen functional groups attached to an aromatic ring is 1. The van der Waals surface area contributed by atoms with E-state index in [0.29, 0.717) is 5.56 Å². The van der Waals surface area contributed by atoms with E-state index in [1.807, 2.05) is 0 Å². The standard InChI is InChI=1S/C13H10ClF3N8/c1-19-11-8(13(15,16)17)9(20-12(18)21-11)6-3-2-5(4-7(6)14)10-22-24-25-23-10/h2-4H,1H3,(H3,18,19,20,21)(H,22,23,24,25). The first-order valence-corrected chi connectivity index (χ1v) is 7.15. The molecule has 4 N–H and O–H groups in total. The number of rotatable bonds is 3. The van der Waals surface area contributed by atoms with Gasteiger partial charge in [0.05, 0.1) is 10.7 Å². The second-order valence-electron chi connectivity index (χ2n) is 4.83. The molecule has 0 saturated carbocycles. The van der Waals surface area contributed by atoms with Crippen molar-refractivity contribution in [2.45, 2.75) is 6.18 Å². The number of hydrogen-bond acceptors (Lipinski definition) is 7. The maximum Gasteiger partial charge on any atom is 0.422 e. The Bertz CT molecular complexity index is 910. The molecule has 3 rings (SSSR count). The van der Waals surface area contributed by atoms with Crippen molar-refractivity contribution in [3.8, 4) is 22.6 Å². The Labute approximate surface area is 143 Å². The summed E-state index contributed by atoms with van der Waals surface area (Å²) < 4.78 is 40.5. The Kier molecular flexibility index (Phi) is 4.17. The molecule has 0 amide bonds. The highest BCUT2D eigenvalue weighted by Gasteiger charge is 2.39. The van der Waals surface area contributed by atoms with E-state index in [0.717, 1.165) is 0 Å². The Balaban J connectivity index is 2.21. The van der Waals surface area contributed by atoms with Crippen LogP contribution in [0.15, 0.2) is 18.2 Å². The van der Waals surface area contributed by atoms with Crippen molar-refractivity contribution in [2.75, 3.05) is 18.1 Å². The fourth-order valence-electron chi connectivity index (χ4n) is 2.25. The van der Waals surface area contributed by atoms with Crippen molar-refractivity contribution in [3.63, 3.8) is 0 Å². The van der Waals surface area contributed by atoms with Gasteiger partial charge in [0, 0.05) is 18.2 Å². The number of halogens is 4. The predicted molar refractivity (Wildman–Crippen MR) is 84.6 cm³/mol. The zero-order valence-corrected chi connectivity index (χ0v) is 13.3. The molecule has 0 atom stereocenters.